The smallest absolute Gasteiger partial charge is 0.410 e. The Balaban J connectivity index is 1.77. The minimum atomic E-state index is -0.559. The van der Waals surface area contributed by atoms with E-state index >= 15 is 0 Å². The van der Waals surface area contributed by atoms with Crippen LogP contribution in [0, 0.1) is 10.1 Å². The minimum absolute atomic E-state index is 0.00714. The van der Waals surface area contributed by atoms with E-state index in [0.717, 1.165) is 0 Å². The number of amides is 1. The monoisotopic (exact) mass is 381 g/mol. The van der Waals surface area contributed by atoms with Gasteiger partial charge < -0.3 is 19.3 Å². The highest BCUT2D eigenvalue weighted by molar-refractivity contribution is 5.69. The minimum Gasteiger partial charge on any atom is -0.444 e. The summed E-state index contributed by atoms with van der Waals surface area (Å²) in [5.74, 6) is 0.488. The Morgan fingerprint density at radius 2 is 2.04 bits per heavy atom. The van der Waals surface area contributed by atoms with E-state index in [1.54, 1.807) is 11.9 Å². The van der Waals surface area contributed by atoms with Gasteiger partial charge in [-0.1, -0.05) is 0 Å². The van der Waals surface area contributed by atoms with Crippen LogP contribution in [0.1, 0.15) is 33.6 Å². The molecule has 0 saturated carbocycles. The van der Waals surface area contributed by atoms with Gasteiger partial charge in [0, 0.05) is 26.7 Å². The first-order valence-corrected chi connectivity index (χ1v) is 9.20. The van der Waals surface area contributed by atoms with Crippen LogP contribution in [-0.2, 0) is 16.5 Å². The zero-order valence-corrected chi connectivity index (χ0v) is 16.3. The van der Waals surface area contributed by atoms with Crippen LogP contribution >= 0.6 is 0 Å². The van der Waals surface area contributed by atoms with Crippen molar-refractivity contribution in [3.63, 3.8) is 0 Å². The number of morpholine rings is 1. The Morgan fingerprint density at radius 3 is 2.70 bits per heavy atom. The normalized spacial score (nSPS) is 23.6. The zero-order valence-electron chi connectivity index (χ0n) is 16.3. The van der Waals surface area contributed by atoms with Gasteiger partial charge in [-0.15, -0.1) is 0 Å². The molecule has 2 aliphatic rings. The zero-order chi connectivity index (χ0) is 19.8. The van der Waals surface area contributed by atoms with E-state index in [4.69, 9.17) is 9.47 Å². The van der Waals surface area contributed by atoms with Crippen molar-refractivity contribution in [2.24, 2.45) is 7.05 Å². The molecule has 0 unspecified atom stereocenters. The van der Waals surface area contributed by atoms with Gasteiger partial charge in [-0.2, -0.15) is 5.10 Å². The molecule has 1 amide bonds. The van der Waals surface area contributed by atoms with E-state index < -0.39 is 10.5 Å². The quantitative estimate of drug-likeness (QED) is 0.569. The maximum absolute atomic E-state index is 12.6. The summed E-state index contributed by atoms with van der Waals surface area (Å²) >= 11 is 0. The van der Waals surface area contributed by atoms with Crippen LogP contribution in [-0.4, -0.2) is 69.7 Å². The molecule has 0 bridgehead atoms. The number of carbonyl (C=O) groups excluding carboxylic acids is 1. The highest BCUT2D eigenvalue weighted by atomic mass is 16.6. The molecular formula is C17H27N5O5. The first-order chi connectivity index (χ1) is 12.7. The molecule has 3 heterocycles. The Bertz CT molecular complexity index is 713. The average molecular weight is 381 g/mol. The highest BCUT2D eigenvalue weighted by Crippen LogP contribution is 2.32. The van der Waals surface area contributed by atoms with Crippen LogP contribution < -0.4 is 4.90 Å². The van der Waals surface area contributed by atoms with Crippen LogP contribution in [0.25, 0.3) is 0 Å². The molecule has 1 aromatic heterocycles. The average Bonchev–Trinajstić information content (AvgIpc) is 2.83. The number of hydrogen-bond donors (Lipinski definition) is 0. The number of ether oxygens (including phenoxy) is 2. The topological polar surface area (TPSA) is 103 Å². The lowest BCUT2D eigenvalue weighted by atomic mass is 10.0. The van der Waals surface area contributed by atoms with Crippen molar-refractivity contribution in [1.29, 1.82) is 0 Å². The van der Waals surface area contributed by atoms with Crippen LogP contribution in [0.3, 0.4) is 0 Å². The fraction of sp³-hybridized carbons (Fsp3) is 0.765. The second kappa shape index (κ2) is 7.34. The van der Waals surface area contributed by atoms with Crippen LogP contribution in [0.2, 0.25) is 0 Å². The Morgan fingerprint density at radius 1 is 1.33 bits per heavy atom. The third-order valence-corrected chi connectivity index (χ3v) is 4.89. The molecule has 2 aliphatic heterocycles. The number of hydrogen-bond acceptors (Lipinski definition) is 7. The molecule has 2 atom stereocenters. The van der Waals surface area contributed by atoms with Crippen molar-refractivity contribution in [2.75, 3.05) is 31.1 Å². The third-order valence-electron chi connectivity index (χ3n) is 4.89. The SMILES string of the molecule is Cn1ncc([N+](=O)[O-])c1N1CC[C@@H]2OCCN(C(=O)OC(C)(C)C)[C@H]2CC1. The largest absolute Gasteiger partial charge is 0.444 e. The molecule has 3 rings (SSSR count). The molecule has 27 heavy (non-hydrogen) atoms. The molecule has 0 aliphatic carbocycles. The van der Waals surface area contributed by atoms with E-state index in [0.29, 0.717) is 44.9 Å². The van der Waals surface area contributed by atoms with Crippen molar-refractivity contribution in [3.8, 4) is 0 Å². The summed E-state index contributed by atoms with van der Waals surface area (Å²) in [5.41, 5.74) is -0.566. The second-order valence-corrected chi connectivity index (χ2v) is 7.95. The van der Waals surface area contributed by atoms with Gasteiger partial charge in [0.25, 0.3) is 0 Å². The fourth-order valence-corrected chi connectivity index (χ4v) is 3.75. The number of nitrogens with zero attached hydrogens (tertiary/aromatic N) is 5. The summed E-state index contributed by atoms with van der Waals surface area (Å²) in [6, 6.07) is -0.106. The lowest BCUT2D eigenvalue weighted by molar-refractivity contribution is -0.384. The van der Waals surface area contributed by atoms with Gasteiger partial charge in [0.05, 0.1) is 23.7 Å². The Hall–Kier alpha value is -2.36. The van der Waals surface area contributed by atoms with E-state index in [1.807, 2.05) is 25.7 Å². The highest BCUT2D eigenvalue weighted by Gasteiger charge is 2.40. The van der Waals surface area contributed by atoms with Crippen molar-refractivity contribution < 1.29 is 19.2 Å². The summed E-state index contributed by atoms with van der Waals surface area (Å²) in [4.78, 5) is 27.2. The van der Waals surface area contributed by atoms with Crippen molar-refractivity contribution in [2.45, 2.75) is 51.4 Å². The fourth-order valence-electron chi connectivity index (χ4n) is 3.75. The first-order valence-electron chi connectivity index (χ1n) is 9.20. The Kier molecular flexibility index (Phi) is 5.27. The van der Waals surface area contributed by atoms with Crippen molar-refractivity contribution in [3.05, 3.63) is 16.3 Å². The molecule has 0 radical (unpaired) electrons. The van der Waals surface area contributed by atoms with E-state index in [9.17, 15) is 14.9 Å². The standard InChI is InChI=1S/C17H27N5O5/c1-17(2,3)27-16(23)21-9-10-26-14-6-8-20(7-5-12(14)21)15-13(22(24)25)11-18-19(15)4/h11-12,14H,5-10H2,1-4H3/t12-,14-/m0/s1. The van der Waals surface area contributed by atoms with Gasteiger partial charge in [0.2, 0.25) is 5.82 Å². The number of anilines is 1. The molecule has 10 heteroatoms. The number of nitro groups is 1. The maximum atomic E-state index is 12.6. The third kappa shape index (κ3) is 4.15. The van der Waals surface area contributed by atoms with Crippen LogP contribution in [0.4, 0.5) is 16.3 Å². The summed E-state index contributed by atoms with van der Waals surface area (Å²) < 4.78 is 13.0. The van der Waals surface area contributed by atoms with E-state index in [2.05, 4.69) is 5.10 Å². The van der Waals surface area contributed by atoms with E-state index in [1.165, 1.54) is 10.9 Å². The summed E-state index contributed by atoms with van der Waals surface area (Å²) in [5, 5.41) is 15.4. The molecule has 2 saturated heterocycles. The maximum Gasteiger partial charge on any atom is 0.410 e. The van der Waals surface area contributed by atoms with Crippen molar-refractivity contribution in [1.82, 2.24) is 14.7 Å². The summed E-state index contributed by atoms with van der Waals surface area (Å²) in [7, 11) is 1.70. The number of carbonyl (C=O) groups is 1. The van der Waals surface area contributed by atoms with Crippen LogP contribution in [0.15, 0.2) is 6.20 Å². The molecule has 10 nitrogen and oxygen atoms in total. The van der Waals surface area contributed by atoms with Crippen LogP contribution in [0.5, 0.6) is 0 Å². The molecule has 2 fully saturated rings. The van der Waals surface area contributed by atoms with Gasteiger partial charge in [0.1, 0.15) is 11.8 Å². The Labute approximate surface area is 158 Å². The van der Waals surface area contributed by atoms with Crippen molar-refractivity contribution >= 4 is 17.6 Å². The van der Waals surface area contributed by atoms with Gasteiger partial charge in [-0.25, -0.2) is 9.48 Å². The number of aromatic nitrogens is 2. The van der Waals surface area contributed by atoms with Gasteiger partial charge >= 0.3 is 11.8 Å². The lowest BCUT2D eigenvalue weighted by Gasteiger charge is -2.40. The molecule has 1 aromatic rings. The predicted molar refractivity (Wildman–Crippen MR) is 97.8 cm³/mol. The molecular weight excluding hydrogens is 354 g/mol. The number of rotatable bonds is 2. The predicted octanol–water partition coefficient (Wildman–Crippen LogP) is 1.93. The second-order valence-electron chi connectivity index (χ2n) is 7.95. The molecule has 0 aromatic carbocycles. The van der Waals surface area contributed by atoms with Gasteiger partial charge in [0.15, 0.2) is 0 Å². The number of aryl methyl sites for hydroxylation is 1. The number of fused-ring (bicyclic) bond motifs is 1. The first kappa shape index (κ1) is 19.4. The summed E-state index contributed by atoms with van der Waals surface area (Å²) in [6.45, 7) is 7.67. The molecule has 0 spiro atoms. The van der Waals surface area contributed by atoms with E-state index in [-0.39, 0.29) is 23.9 Å². The molecule has 0 N–H and O–H groups in total. The lowest BCUT2D eigenvalue weighted by Crippen LogP contribution is -2.54. The molecule has 150 valence electrons. The van der Waals surface area contributed by atoms with Gasteiger partial charge in [-0.05, 0) is 33.6 Å². The van der Waals surface area contributed by atoms with Gasteiger partial charge in [-0.3, -0.25) is 10.1 Å². The summed E-state index contributed by atoms with van der Waals surface area (Å²) in [6.07, 6.45) is 2.15.